The van der Waals surface area contributed by atoms with Crippen LogP contribution >= 0.6 is 0 Å². The van der Waals surface area contributed by atoms with Gasteiger partial charge < -0.3 is 15.1 Å². The summed E-state index contributed by atoms with van der Waals surface area (Å²) in [6, 6.07) is 2.53. The number of amides is 3. The van der Waals surface area contributed by atoms with Crippen molar-refractivity contribution in [2.24, 2.45) is 5.92 Å². The van der Waals surface area contributed by atoms with Gasteiger partial charge in [0, 0.05) is 32.8 Å². The van der Waals surface area contributed by atoms with Crippen LogP contribution in [-0.4, -0.2) is 83.1 Å². The summed E-state index contributed by atoms with van der Waals surface area (Å²) in [4.78, 5) is 51.7. The second kappa shape index (κ2) is 11.1. The second-order valence-corrected chi connectivity index (χ2v) is 9.94. The number of likely N-dealkylation sites (N-methyl/N-ethyl adjacent to an activating group) is 1. The topological polar surface area (TPSA) is 131 Å². The molecule has 0 fully saturated rings. The molecule has 0 aromatic carbocycles. The van der Waals surface area contributed by atoms with Gasteiger partial charge in [0.25, 0.3) is 5.91 Å². The second-order valence-electron chi connectivity index (χ2n) is 9.94. The van der Waals surface area contributed by atoms with E-state index < -0.39 is 6.04 Å². The van der Waals surface area contributed by atoms with E-state index >= 15 is 0 Å². The lowest BCUT2D eigenvalue weighted by Crippen LogP contribution is -2.47. The Balaban J connectivity index is 1.68. The zero-order chi connectivity index (χ0) is 26.7. The molecule has 0 spiro atoms. The van der Waals surface area contributed by atoms with Crippen molar-refractivity contribution in [3.05, 3.63) is 41.9 Å². The first-order chi connectivity index (χ1) is 17.7. The minimum Gasteiger partial charge on any atom is -0.344 e. The molecule has 0 radical (unpaired) electrons. The molecule has 0 aliphatic carbocycles. The maximum atomic E-state index is 13.6. The number of imidazole rings is 1. The number of hydrogen-bond donors (Lipinski definition) is 1. The van der Waals surface area contributed by atoms with E-state index in [1.54, 1.807) is 41.9 Å². The lowest BCUT2D eigenvalue weighted by atomic mass is 10.0. The van der Waals surface area contributed by atoms with E-state index in [-0.39, 0.29) is 36.1 Å². The minimum atomic E-state index is -0.649. The van der Waals surface area contributed by atoms with Crippen molar-refractivity contribution in [1.29, 1.82) is 0 Å². The lowest BCUT2D eigenvalue weighted by Gasteiger charge is -2.29. The van der Waals surface area contributed by atoms with Gasteiger partial charge in [-0.15, -0.1) is 0 Å². The predicted molar refractivity (Wildman–Crippen MR) is 135 cm³/mol. The van der Waals surface area contributed by atoms with Crippen molar-refractivity contribution in [3.63, 3.8) is 0 Å². The molecule has 2 atom stereocenters. The van der Waals surface area contributed by atoms with E-state index in [0.29, 0.717) is 55.5 Å². The Morgan fingerprint density at radius 2 is 2.00 bits per heavy atom. The molecule has 12 heteroatoms. The number of hydrogen-bond acceptors (Lipinski definition) is 7. The average molecular weight is 510 g/mol. The van der Waals surface area contributed by atoms with Gasteiger partial charge in [0.15, 0.2) is 11.3 Å². The number of fused-ring (bicyclic) bond motifs is 2. The van der Waals surface area contributed by atoms with Crippen molar-refractivity contribution >= 4 is 23.4 Å². The molecule has 3 aromatic rings. The standard InChI is InChI=1S/C25H35N9O3/c1-16(2)14-19-23-28-18(4)30-33(23)13-12-32(11-7-9-22(35)31(5)17(3)24(36)29-19)25(37)20-15-26-21-8-6-10-27-34(20)21/h6,8,10,15-17,19H,7,9,11-14H2,1-5H3,(H,29,36)/t17-,19+/m0/s1. The van der Waals surface area contributed by atoms with Gasteiger partial charge in [-0.3, -0.25) is 14.4 Å². The van der Waals surface area contributed by atoms with Crippen LogP contribution in [0.2, 0.25) is 0 Å². The average Bonchev–Trinajstić information content (AvgIpc) is 3.46. The van der Waals surface area contributed by atoms with Crippen molar-refractivity contribution in [2.75, 3.05) is 20.1 Å². The summed E-state index contributed by atoms with van der Waals surface area (Å²) in [5, 5.41) is 11.9. The Bertz CT molecular complexity index is 1280. The van der Waals surface area contributed by atoms with E-state index in [1.807, 2.05) is 6.92 Å². The number of rotatable bonds is 3. The number of carbonyl (C=O) groups is 3. The molecule has 0 bridgehead atoms. The number of nitrogens with zero attached hydrogens (tertiary/aromatic N) is 8. The fourth-order valence-corrected chi connectivity index (χ4v) is 4.54. The highest BCUT2D eigenvalue weighted by molar-refractivity contribution is 5.93. The Kier molecular flexibility index (Phi) is 7.84. The molecular weight excluding hydrogens is 474 g/mol. The molecule has 3 amide bonds. The minimum absolute atomic E-state index is 0.150. The van der Waals surface area contributed by atoms with Crippen molar-refractivity contribution in [3.8, 4) is 0 Å². The highest BCUT2D eigenvalue weighted by Gasteiger charge is 2.29. The van der Waals surface area contributed by atoms with Crippen molar-refractivity contribution in [2.45, 2.75) is 65.6 Å². The fraction of sp³-hybridized carbons (Fsp3) is 0.560. The van der Waals surface area contributed by atoms with Gasteiger partial charge >= 0.3 is 0 Å². The van der Waals surface area contributed by atoms with E-state index in [4.69, 9.17) is 0 Å². The summed E-state index contributed by atoms with van der Waals surface area (Å²) in [6.45, 7) is 8.78. The molecule has 0 saturated carbocycles. The largest absolute Gasteiger partial charge is 0.344 e. The van der Waals surface area contributed by atoms with Crippen LogP contribution in [0.3, 0.4) is 0 Å². The molecule has 12 nitrogen and oxygen atoms in total. The molecule has 198 valence electrons. The summed E-state index contributed by atoms with van der Waals surface area (Å²) in [7, 11) is 1.63. The highest BCUT2D eigenvalue weighted by atomic mass is 16.2. The summed E-state index contributed by atoms with van der Waals surface area (Å²) in [5.41, 5.74) is 0.939. The molecule has 1 N–H and O–H groups in total. The van der Waals surface area contributed by atoms with Crippen LogP contribution in [0.25, 0.3) is 5.65 Å². The van der Waals surface area contributed by atoms with Gasteiger partial charge in [-0.2, -0.15) is 10.2 Å². The Labute approximate surface area is 216 Å². The molecule has 4 heterocycles. The molecule has 0 saturated heterocycles. The van der Waals surface area contributed by atoms with Crippen LogP contribution in [0, 0.1) is 12.8 Å². The van der Waals surface area contributed by atoms with Crippen LogP contribution in [0.15, 0.2) is 24.5 Å². The number of nitrogens with one attached hydrogen (secondary N) is 1. The zero-order valence-electron chi connectivity index (χ0n) is 22.1. The number of aromatic nitrogens is 6. The van der Waals surface area contributed by atoms with Crippen molar-refractivity contribution in [1.82, 2.24) is 44.5 Å². The molecule has 1 aliphatic heterocycles. The van der Waals surface area contributed by atoms with E-state index in [1.165, 1.54) is 15.6 Å². The van der Waals surface area contributed by atoms with E-state index in [9.17, 15) is 14.4 Å². The quantitative estimate of drug-likeness (QED) is 0.568. The summed E-state index contributed by atoms with van der Waals surface area (Å²) < 4.78 is 3.30. The molecule has 37 heavy (non-hydrogen) atoms. The van der Waals surface area contributed by atoms with Gasteiger partial charge in [-0.25, -0.2) is 19.2 Å². The first-order valence-electron chi connectivity index (χ1n) is 12.7. The highest BCUT2D eigenvalue weighted by Crippen LogP contribution is 2.21. The van der Waals surface area contributed by atoms with Crippen LogP contribution in [-0.2, 0) is 16.1 Å². The first-order valence-corrected chi connectivity index (χ1v) is 12.7. The first kappa shape index (κ1) is 26.2. The predicted octanol–water partition coefficient (Wildman–Crippen LogP) is 1.62. The fourth-order valence-electron chi connectivity index (χ4n) is 4.54. The Morgan fingerprint density at radius 3 is 2.76 bits per heavy atom. The third kappa shape index (κ3) is 5.78. The van der Waals surface area contributed by atoms with Gasteiger partial charge in [0.1, 0.15) is 17.7 Å². The zero-order valence-corrected chi connectivity index (χ0v) is 22.1. The molecular formula is C25H35N9O3. The van der Waals surface area contributed by atoms with Crippen LogP contribution in [0.5, 0.6) is 0 Å². The molecule has 0 unspecified atom stereocenters. The maximum absolute atomic E-state index is 13.6. The van der Waals surface area contributed by atoms with E-state index in [2.05, 4.69) is 39.3 Å². The van der Waals surface area contributed by atoms with Crippen LogP contribution in [0.1, 0.15) is 68.2 Å². The van der Waals surface area contributed by atoms with Gasteiger partial charge in [0.05, 0.1) is 18.8 Å². The third-order valence-electron chi connectivity index (χ3n) is 6.68. The maximum Gasteiger partial charge on any atom is 0.274 e. The summed E-state index contributed by atoms with van der Waals surface area (Å²) >= 11 is 0. The summed E-state index contributed by atoms with van der Waals surface area (Å²) in [5.74, 6) is 0.904. The lowest BCUT2D eigenvalue weighted by molar-refractivity contribution is -0.138. The third-order valence-corrected chi connectivity index (χ3v) is 6.68. The van der Waals surface area contributed by atoms with Gasteiger partial charge in [-0.1, -0.05) is 13.8 Å². The van der Waals surface area contributed by atoms with Gasteiger partial charge in [0.2, 0.25) is 11.8 Å². The Morgan fingerprint density at radius 1 is 1.22 bits per heavy atom. The SMILES string of the molecule is Cc1nc2n(n1)CCN(C(=O)c1cnc3cccnn13)CCCC(=O)N(C)[C@@H](C)C(=O)N[C@@H]2CC(C)C. The Hall–Kier alpha value is -3.83. The monoisotopic (exact) mass is 509 g/mol. The molecule has 4 rings (SSSR count). The number of carbonyl (C=O) groups excluding carboxylic acids is 3. The van der Waals surface area contributed by atoms with Gasteiger partial charge in [-0.05, 0) is 44.7 Å². The normalized spacial score (nSPS) is 20.2. The molecule has 3 aromatic heterocycles. The van der Waals surface area contributed by atoms with Crippen molar-refractivity contribution < 1.29 is 14.4 Å². The van der Waals surface area contributed by atoms with E-state index in [0.717, 1.165) is 0 Å². The molecule has 1 aliphatic rings. The summed E-state index contributed by atoms with van der Waals surface area (Å²) in [6.07, 6.45) is 4.46. The number of aryl methyl sites for hydroxylation is 1. The van der Waals surface area contributed by atoms with Crippen LogP contribution < -0.4 is 5.32 Å². The smallest absolute Gasteiger partial charge is 0.274 e. The van der Waals surface area contributed by atoms with Crippen LogP contribution in [0.4, 0.5) is 0 Å².